The number of nitrogens with two attached hydrogens (primary N) is 1. The SMILES string of the molecule is CCCc1cc(C)c(C)cc1/C(C)=C/c1ccc(C)c(C)c1C(C)(C)N. The van der Waals surface area contributed by atoms with E-state index in [2.05, 4.69) is 85.7 Å². The molecule has 26 heavy (non-hydrogen) atoms. The molecule has 0 radical (unpaired) electrons. The molecule has 0 aliphatic rings. The third-order valence-electron chi connectivity index (χ3n) is 5.45. The van der Waals surface area contributed by atoms with E-state index >= 15 is 0 Å². The molecule has 0 atom stereocenters. The summed E-state index contributed by atoms with van der Waals surface area (Å²) in [6.45, 7) is 17.4. The predicted molar refractivity (Wildman–Crippen MR) is 117 cm³/mol. The molecule has 1 heteroatoms. The lowest BCUT2D eigenvalue weighted by atomic mass is 9.84. The first kappa shape index (κ1) is 20.5. The van der Waals surface area contributed by atoms with E-state index in [1.165, 1.54) is 50.1 Å². The lowest BCUT2D eigenvalue weighted by molar-refractivity contribution is 0.549. The predicted octanol–water partition coefficient (Wildman–Crippen LogP) is 6.63. The van der Waals surface area contributed by atoms with E-state index in [9.17, 15) is 0 Å². The van der Waals surface area contributed by atoms with E-state index in [-0.39, 0.29) is 5.54 Å². The number of rotatable bonds is 5. The Balaban J connectivity index is 2.65. The average molecular weight is 350 g/mol. The molecule has 0 spiro atoms. The molecule has 2 aromatic carbocycles. The van der Waals surface area contributed by atoms with Gasteiger partial charge in [0, 0.05) is 5.54 Å². The van der Waals surface area contributed by atoms with Gasteiger partial charge in [0.15, 0.2) is 0 Å². The van der Waals surface area contributed by atoms with E-state index in [0.717, 1.165) is 12.8 Å². The van der Waals surface area contributed by atoms with Crippen molar-refractivity contribution in [3.8, 4) is 0 Å². The fourth-order valence-corrected chi connectivity index (χ4v) is 3.84. The minimum Gasteiger partial charge on any atom is -0.322 e. The number of hydrogen-bond donors (Lipinski definition) is 1. The van der Waals surface area contributed by atoms with Gasteiger partial charge in [0.1, 0.15) is 0 Å². The molecule has 0 unspecified atom stereocenters. The summed E-state index contributed by atoms with van der Waals surface area (Å²) < 4.78 is 0. The van der Waals surface area contributed by atoms with Gasteiger partial charge in [-0.1, -0.05) is 43.7 Å². The van der Waals surface area contributed by atoms with Crippen molar-refractivity contribution in [1.82, 2.24) is 0 Å². The van der Waals surface area contributed by atoms with Gasteiger partial charge in [-0.3, -0.25) is 0 Å². The molecule has 0 bridgehead atoms. The summed E-state index contributed by atoms with van der Waals surface area (Å²) in [5, 5.41) is 0. The molecule has 140 valence electrons. The minimum atomic E-state index is -0.363. The van der Waals surface area contributed by atoms with Gasteiger partial charge < -0.3 is 5.73 Å². The van der Waals surface area contributed by atoms with Gasteiger partial charge in [-0.25, -0.2) is 0 Å². The Labute approximate surface area is 160 Å². The summed E-state index contributed by atoms with van der Waals surface area (Å²) in [6, 6.07) is 9.13. The van der Waals surface area contributed by atoms with Crippen LogP contribution < -0.4 is 5.73 Å². The first-order valence-corrected chi connectivity index (χ1v) is 9.74. The molecular formula is C25H35N. The highest BCUT2D eigenvalue weighted by Crippen LogP contribution is 2.32. The van der Waals surface area contributed by atoms with Crippen LogP contribution in [0.25, 0.3) is 11.6 Å². The first-order chi connectivity index (χ1) is 12.1. The molecule has 0 fully saturated rings. The summed E-state index contributed by atoms with van der Waals surface area (Å²) in [5.74, 6) is 0. The third-order valence-corrected chi connectivity index (χ3v) is 5.45. The Hall–Kier alpha value is -1.86. The second-order valence-electron chi connectivity index (χ2n) is 8.36. The quantitative estimate of drug-likeness (QED) is 0.602. The molecule has 2 aromatic rings. The fourth-order valence-electron chi connectivity index (χ4n) is 3.84. The molecule has 0 aliphatic carbocycles. The molecule has 0 aliphatic heterocycles. The summed E-state index contributed by atoms with van der Waals surface area (Å²) in [7, 11) is 0. The maximum Gasteiger partial charge on any atom is 0.0361 e. The summed E-state index contributed by atoms with van der Waals surface area (Å²) in [4.78, 5) is 0. The minimum absolute atomic E-state index is 0.363. The second kappa shape index (κ2) is 7.80. The van der Waals surface area contributed by atoms with Gasteiger partial charge in [-0.2, -0.15) is 0 Å². The molecule has 0 aromatic heterocycles. The number of hydrogen-bond acceptors (Lipinski definition) is 1. The standard InChI is InChI=1S/C25H35N/c1-9-10-21-13-17(3)18(4)15-23(21)19(5)14-22-12-11-16(2)20(6)24(22)25(7,8)26/h11-15H,9-10,26H2,1-8H3/b19-14+. The van der Waals surface area contributed by atoms with E-state index < -0.39 is 0 Å². The van der Waals surface area contributed by atoms with Crippen molar-refractivity contribution in [2.45, 2.75) is 73.8 Å². The van der Waals surface area contributed by atoms with Crippen LogP contribution in [0, 0.1) is 27.7 Å². The first-order valence-electron chi connectivity index (χ1n) is 9.74. The zero-order valence-corrected chi connectivity index (χ0v) is 17.9. The van der Waals surface area contributed by atoms with Crippen molar-refractivity contribution in [2.75, 3.05) is 0 Å². The Bertz CT molecular complexity index is 832. The number of allylic oxidation sites excluding steroid dienone is 1. The van der Waals surface area contributed by atoms with Crippen molar-refractivity contribution < 1.29 is 0 Å². The van der Waals surface area contributed by atoms with Crippen LogP contribution in [0.2, 0.25) is 0 Å². The second-order valence-corrected chi connectivity index (χ2v) is 8.36. The van der Waals surface area contributed by atoms with Crippen molar-refractivity contribution in [1.29, 1.82) is 0 Å². The number of benzene rings is 2. The molecule has 2 N–H and O–H groups in total. The van der Waals surface area contributed by atoms with E-state index in [1.807, 2.05) is 0 Å². The maximum atomic E-state index is 6.53. The summed E-state index contributed by atoms with van der Waals surface area (Å²) >= 11 is 0. The van der Waals surface area contributed by atoms with Gasteiger partial charge in [0.2, 0.25) is 0 Å². The highest BCUT2D eigenvalue weighted by Gasteiger charge is 2.21. The highest BCUT2D eigenvalue weighted by atomic mass is 14.7. The molecule has 1 nitrogen and oxygen atoms in total. The Kier molecular flexibility index (Phi) is 6.13. The normalized spacial score (nSPS) is 12.6. The van der Waals surface area contributed by atoms with Crippen molar-refractivity contribution in [3.63, 3.8) is 0 Å². The molecule has 0 amide bonds. The smallest absolute Gasteiger partial charge is 0.0361 e. The lowest BCUT2D eigenvalue weighted by Gasteiger charge is -2.26. The van der Waals surface area contributed by atoms with Gasteiger partial charge in [-0.15, -0.1) is 0 Å². The molecule has 0 heterocycles. The van der Waals surface area contributed by atoms with Crippen LogP contribution in [0.4, 0.5) is 0 Å². The summed E-state index contributed by atoms with van der Waals surface area (Å²) in [6.07, 6.45) is 4.59. The fraction of sp³-hybridized carbons (Fsp3) is 0.440. The Morgan fingerprint density at radius 1 is 1.00 bits per heavy atom. The molecule has 0 saturated heterocycles. The Morgan fingerprint density at radius 2 is 1.62 bits per heavy atom. The van der Waals surface area contributed by atoms with Crippen molar-refractivity contribution in [2.24, 2.45) is 5.73 Å². The maximum absolute atomic E-state index is 6.53. The van der Waals surface area contributed by atoms with Gasteiger partial charge in [0.25, 0.3) is 0 Å². The zero-order chi connectivity index (χ0) is 19.6. The topological polar surface area (TPSA) is 26.0 Å². The van der Waals surface area contributed by atoms with E-state index in [1.54, 1.807) is 0 Å². The molecule has 0 saturated carbocycles. The van der Waals surface area contributed by atoms with Crippen LogP contribution in [-0.2, 0) is 12.0 Å². The van der Waals surface area contributed by atoms with Gasteiger partial charge >= 0.3 is 0 Å². The number of aryl methyl sites for hydroxylation is 4. The molecule has 2 rings (SSSR count). The Morgan fingerprint density at radius 3 is 2.19 bits per heavy atom. The lowest BCUT2D eigenvalue weighted by Crippen LogP contribution is -2.31. The van der Waals surface area contributed by atoms with Gasteiger partial charge in [0.05, 0.1) is 0 Å². The van der Waals surface area contributed by atoms with Crippen molar-refractivity contribution in [3.05, 3.63) is 68.8 Å². The van der Waals surface area contributed by atoms with Crippen LogP contribution in [0.5, 0.6) is 0 Å². The van der Waals surface area contributed by atoms with Crippen LogP contribution in [0.15, 0.2) is 24.3 Å². The van der Waals surface area contributed by atoms with Crippen molar-refractivity contribution >= 4 is 11.6 Å². The van der Waals surface area contributed by atoms with E-state index in [0.29, 0.717) is 0 Å². The third kappa shape index (κ3) is 4.27. The largest absolute Gasteiger partial charge is 0.322 e. The van der Waals surface area contributed by atoms with Crippen LogP contribution in [0.3, 0.4) is 0 Å². The van der Waals surface area contributed by atoms with Crippen LogP contribution in [-0.4, -0.2) is 0 Å². The van der Waals surface area contributed by atoms with Crippen LogP contribution >= 0.6 is 0 Å². The van der Waals surface area contributed by atoms with Crippen LogP contribution in [0.1, 0.15) is 78.6 Å². The highest BCUT2D eigenvalue weighted by molar-refractivity contribution is 5.83. The van der Waals surface area contributed by atoms with E-state index in [4.69, 9.17) is 5.73 Å². The van der Waals surface area contributed by atoms with Gasteiger partial charge in [-0.05, 0) is 105 Å². The zero-order valence-electron chi connectivity index (χ0n) is 17.9. The monoisotopic (exact) mass is 349 g/mol. The molecular weight excluding hydrogens is 314 g/mol. The summed E-state index contributed by atoms with van der Waals surface area (Å²) in [5.41, 5.74) is 18.1. The average Bonchev–Trinajstić information content (AvgIpc) is 2.53.